The smallest absolute Gasteiger partial charge is 0.465 e. The maximum absolute atomic E-state index is 11.8. The molecule has 0 radical (unpaired) electrons. The number of likely N-dealkylation sites (tertiary alicyclic amines) is 1. The van der Waals surface area contributed by atoms with Gasteiger partial charge in [0.2, 0.25) is 0 Å². The fourth-order valence-corrected chi connectivity index (χ4v) is 2.41. The highest BCUT2D eigenvalue weighted by Crippen LogP contribution is 2.18. The lowest BCUT2D eigenvalue weighted by Crippen LogP contribution is -2.48. The Bertz CT molecular complexity index is 714. The first kappa shape index (κ1) is 31.1. The van der Waals surface area contributed by atoms with Crippen LogP contribution in [-0.4, -0.2) is 71.6 Å². The van der Waals surface area contributed by atoms with Gasteiger partial charge in [-0.25, -0.2) is 14.4 Å². The minimum atomic E-state index is -1.06. The number of nitrogens with zero attached hydrogens (tertiary/aromatic N) is 1. The average molecular weight is 490 g/mol. The lowest BCUT2D eigenvalue weighted by Gasteiger charge is -2.31. The van der Waals surface area contributed by atoms with E-state index < -0.39 is 47.1 Å². The number of carbonyl (C=O) groups excluding carboxylic acids is 5. The normalized spacial score (nSPS) is 16.5. The van der Waals surface area contributed by atoms with Crippen LogP contribution in [0.3, 0.4) is 0 Å². The van der Waals surface area contributed by atoms with Gasteiger partial charge in [-0.3, -0.25) is 9.59 Å². The number of amides is 1. The molecule has 0 aromatic rings. The third kappa shape index (κ3) is 14.3. The van der Waals surface area contributed by atoms with Crippen molar-refractivity contribution in [3.63, 3.8) is 0 Å². The SMILES string of the molecule is CC(C)(C)OC(=O)OC(=O)OC(C)(C)C.CCOC(=O)C1CCN(C(=O)OC(C)(C)C)CC1=O. The summed E-state index contributed by atoms with van der Waals surface area (Å²) < 4.78 is 23.8. The highest BCUT2D eigenvalue weighted by molar-refractivity contribution is 6.01. The maximum Gasteiger partial charge on any atom is 0.519 e. The Morgan fingerprint density at radius 1 is 0.824 bits per heavy atom. The first-order chi connectivity index (χ1) is 15.2. The minimum absolute atomic E-state index is 0.0988. The molecule has 0 spiro atoms. The van der Waals surface area contributed by atoms with Crippen molar-refractivity contribution in [3.05, 3.63) is 0 Å². The largest absolute Gasteiger partial charge is 0.519 e. The van der Waals surface area contributed by atoms with Gasteiger partial charge < -0.3 is 28.6 Å². The van der Waals surface area contributed by atoms with E-state index in [1.165, 1.54) is 4.90 Å². The van der Waals surface area contributed by atoms with Crippen molar-refractivity contribution < 1.29 is 47.7 Å². The molecule has 1 aliphatic heterocycles. The van der Waals surface area contributed by atoms with Gasteiger partial charge in [0.05, 0.1) is 13.2 Å². The summed E-state index contributed by atoms with van der Waals surface area (Å²) in [5, 5.41) is 0. The molecule has 0 N–H and O–H groups in total. The third-order valence-electron chi connectivity index (χ3n) is 3.59. The van der Waals surface area contributed by atoms with Crippen LogP contribution in [0.15, 0.2) is 0 Å². The monoisotopic (exact) mass is 489 g/mol. The van der Waals surface area contributed by atoms with E-state index in [1.54, 1.807) is 69.2 Å². The zero-order chi connectivity index (χ0) is 26.9. The predicted octanol–water partition coefficient (Wildman–Crippen LogP) is 4.25. The fraction of sp³-hybridized carbons (Fsp3) is 0.783. The second-order valence-electron chi connectivity index (χ2n) is 10.5. The summed E-state index contributed by atoms with van der Waals surface area (Å²) in [6.07, 6.45) is -2.35. The number of hydrogen-bond acceptors (Lipinski definition) is 10. The van der Waals surface area contributed by atoms with Crippen LogP contribution in [0, 0.1) is 5.92 Å². The molecule has 0 saturated carbocycles. The van der Waals surface area contributed by atoms with Crippen molar-refractivity contribution in [1.29, 1.82) is 0 Å². The predicted molar refractivity (Wildman–Crippen MR) is 121 cm³/mol. The minimum Gasteiger partial charge on any atom is -0.465 e. The van der Waals surface area contributed by atoms with Crippen LogP contribution < -0.4 is 0 Å². The molecule has 11 nitrogen and oxygen atoms in total. The highest BCUT2D eigenvalue weighted by atomic mass is 16.8. The number of piperidine rings is 1. The topological polar surface area (TPSA) is 135 Å². The summed E-state index contributed by atoms with van der Waals surface area (Å²) in [6, 6.07) is 0. The highest BCUT2D eigenvalue weighted by Gasteiger charge is 2.36. The third-order valence-corrected chi connectivity index (χ3v) is 3.59. The molecule has 0 aromatic carbocycles. The Morgan fingerprint density at radius 3 is 1.62 bits per heavy atom. The summed E-state index contributed by atoms with van der Waals surface area (Å²) in [5.74, 6) is -1.55. The molecule has 1 amide bonds. The van der Waals surface area contributed by atoms with E-state index in [1.807, 2.05) is 0 Å². The maximum atomic E-state index is 11.8. The van der Waals surface area contributed by atoms with Gasteiger partial charge in [0.25, 0.3) is 0 Å². The Kier molecular flexibility index (Phi) is 11.5. The van der Waals surface area contributed by atoms with Gasteiger partial charge in [0.15, 0.2) is 5.78 Å². The van der Waals surface area contributed by atoms with Gasteiger partial charge in [0.1, 0.15) is 22.7 Å². The fourth-order valence-electron chi connectivity index (χ4n) is 2.41. The number of hydrogen-bond donors (Lipinski definition) is 0. The van der Waals surface area contributed by atoms with Crippen molar-refractivity contribution in [2.45, 2.75) is 92.5 Å². The molecule has 11 heteroatoms. The molecule has 1 fully saturated rings. The number of rotatable bonds is 2. The molecule has 1 aliphatic rings. The van der Waals surface area contributed by atoms with Crippen molar-refractivity contribution in [3.8, 4) is 0 Å². The molecule has 34 heavy (non-hydrogen) atoms. The average Bonchev–Trinajstić information content (AvgIpc) is 2.57. The first-order valence-corrected chi connectivity index (χ1v) is 11.0. The standard InChI is InChI=1S/C13H21NO5.C10H18O5/c1-5-18-11(16)9-6-7-14(8-10(9)15)12(17)19-13(2,3)4;1-9(2,3)14-7(11)13-8(12)15-10(4,5)6/h9H,5-8H2,1-4H3;1-6H3. The van der Waals surface area contributed by atoms with Crippen molar-refractivity contribution in [2.24, 2.45) is 5.92 Å². The van der Waals surface area contributed by atoms with Crippen LogP contribution in [-0.2, 0) is 33.3 Å². The van der Waals surface area contributed by atoms with E-state index >= 15 is 0 Å². The molecule has 1 heterocycles. The van der Waals surface area contributed by atoms with Gasteiger partial charge >= 0.3 is 24.4 Å². The van der Waals surface area contributed by atoms with E-state index in [-0.39, 0.29) is 25.4 Å². The second-order valence-corrected chi connectivity index (χ2v) is 10.5. The quantitative estimate of drug-likeness (QED) is 0.315. The van der Waals surface area contributed by atoms with Crippen molar-refractivity contribution in [2.75, 3.05) is 19.7 Å². The first-order valence-electron chi connectivity index (χ1n) is 11.0. The van der Waals surface area contributed by atoms with Crippen LogP contribution in [0.25, 0.3) is 0 Å². The van der Waals surface area contributed by atoms with Gasteiger partial charge in [-0.15, -0.1) is 0 Å². The molecule has 0 aliphatic carbocycles. The molecule has 1 rings (SSSR count). The van der Waals surface area contributed by atoms with Crippen LogP contribution >= 0.6 is 0 Å². The Labute approximate surface area is 201 Å². The summed E-state index contributed by atoms with van der Waals surface area (Å²) in [5.41, 5.74) is -1.99. The van der Waals surface area contributed by atoms with E-state index in [2.05, 4.69) is 4.74 Å². The molecular formula is C23H39NO10. The Hall–Kier alpha value is -2.85. The van der Waals surface area contributed by atoms with E-state index in [0.29, 0.717) is 6.54 Å². The van der Waals surface area contributed by atoms with Gasteiger partial charge in [-0.2, -0.15) is 0 Å². The Morgan fingerprint density at radius 2 is 1.26 bits per heavy atom. The number of ether oxygens (including phenoxy) is 5. The molecule has 1 atom stereocenters. The van der Waals surface area contributed by atoms with Gasteiger partial charge in [0, 0.05) is 6.54 Å². The number of ketones is 1. The lowest BCUT2D eigenvalue weighted by atomic mass is 9.96. The zero-order valence-electron chi connectivity index (χ0n) is 21.9. The number of esters is 1. The molecule has 0 bridgehead atoms. The Balaban J connectivity index is 0.000000661. The summed E-state index contributed by atoms with van der Waals surface area (Å²) in [7, 11) is 0. The second kappa shape index (κ2) is 12.6. The summed E-state index contributed by atoms with van der Waals surface area (Å²) >= 11 is 0. The molecule has 0 aromatic heterocycles. The number of Topliss-reactive ketones (excluding diaryl/α,β-unsaturated/α-hetero) is 1. The molecule has 196 valence electrons. The van der Waals surface area contributed by atoms with Crippen molar-refractivity contribution >= 4 is 30.2 Å². The summed E-state index contributed by atoms with van der Waals surface area (Å²) in [6.45, 7) is 17.5. The van der Waals surface area contributed by atoms with Crippen LogP contribution in [0.1, 0.15) is 75.7 Å². The van der Waals surface area contributed by atoms with E-state index in [0.717, 1.165) is 0 Å². The van der Waals surface area contributed by atoms with Crippen LogP contribution in [0.2, 0.25) is 0 Å². The lowest BCUT2D eigenvalue weighted by molar-refractivity contribution is -0.153. The van der Waals surface area contributed by atoms with Gasteiger partial charge in [-0.05, 0) is 75.7 Å². The van der Waals surface area contributed by atoms with E-state index in [9.17, 15) is 24.0 Å². The number of carbonyl (C=O) groups is 5. The molecular weight excluding hydrogens is 450 g/mol. The van der Waals surface area contributed by atoms with Crippen molar-refractivity contribution in [1.82, 2.24) is 4.90 Å². The van der Waals surface area contributed by atoms with Crippen LogP contribution in [0.4, 0.5) is 14.4 Å². The molecule has 1 saturated heterocycles. The summed E-state index contributed by atoms with van der Waals surface area (Å²) in [4.78, 5) is 58.5. The zero-order valence-corrected chi connectivity index (χ0v) is 21.9. The van der Waals surface area contributed by atoms with E-state index in [4.69, 9.17) is 18.9 Å². The molecule has 1 unspecified atom stereocenters. The van der Waals surface area contributed by atoms with Crippen LogP contribution in [0.5, 0.6) is 0 Å². The van der Waals surface area contributed by atoms with Gasteiger partial charge in [-0.1, -0.05) is 0 Å².